The fourth-order valence-electron chi connectivity index (χ4n) is 2.16. The molecule has 1 heterocycles. The second kappa shape index (κ2) is 6.30. The molecular weight excluding hydrogens is 350 g/mol. The standard InChI is InChI=1S/C16H16BrNO2S/c1-10(18)13-4-2-11(8-14(13)17)21-12-3-5-15-16(9-12)20-7-6-19-15/h2-5,8-10H,6-7,18H2,1H3. The van der Waals surface area contributed by atoms with E-state index in [1.807, 2.05) is 25.1 Å². The molecular formula is C16H16BrNO2S. The van der Waals surface area contributed by atoms with Crippen molar-refractivity contribution >= 4 is 27.7 Å². The largest absolute Gasteiger partial charge is 0.486 e. The van der Waals surface area contributed by atoms with Crippen molar-refractivity contribution in [3.8, 4) is 11.5 Å². The van der Waals surface area contributed by atoms with Crippen LogP contribution in [0.4, 0.5) is 0 Å². The van der Waals surface area contributed by atoms with Gasteiger partial charge in [0.2, 0.25) is 0 Å². The number of ether oxygens (including phenoxy) is 2. The highest BCUT2D eigenvalue weighted by atomic mass is 79.9. The van der Waals surface area contributed by atoms with Crippen molar-refractivity contribution in [1.29, 1.82) is 0 Å². The van der Waals surface area contributed by atoms with E-state index in [0.29, 0.717) is 13.2 Å². The van der Waals surface area contributed by atoms with E-state index in [1.165, 1.54) is 0 Å². The lowest BCUT2D eigenvalue weighted by Gasteiger charge is -2.18. The van der Waals surface area contributed by atoms with E-state index < -0.39 is 0 Å². The SMILES string of the molecule is CC(N)c1ccc(Sc2ccc3c(c2)OCCO3)cc1Br. The molecule has 1 unspecified atom stereocenters. The Morgan fingerprint density at radius 1 is 1.05 bits per heavy atom. The van der Waals surface area contributed by atoms with Crippen LogP contribution in [0, 0.1) is 0 Å². The summed E-state index contributed by atoms with van der Waals surface area (Å²) in [5.41, 5.74) is 7.04. The number of hydrogen-bond acceptors (Lipinski definition) is 4. The van der Waals surface area contributed by atoms with E-state index in [2.05, 4.69) is 34.1 Å². The Morgan fingerprint density at radius 3 is 2.43 bits per heavy atom. The molecule has 5 heteroatoms. The first-order chi connectivity index (χ1) is 10.1. The lowest BCUT2D eigenvalue weighted by atomic mass is 10.1. The maximum Gasteiger partial charge on any atom is 0.162 e. The molecule has 21 heavy (non-hydrogen) atoms. The van der Waals surface area contributed by atoms with Crippen LogP contribution in [0.1, 0.15) is 18.5 Å². The van der Waals surface area contributed by atoms with Crippen LogP contribution in [-0.2, 0) is 0 Å². The predicted molar refractivity (Wildman–Crippen MR) is 88.3 cm³/mol. The van der Waals surface area contributed by atoms with Crippen molar-refractivity contribution in [2.75, 3.05) is 13.2 Å². The number of hydrogen-bond donors (Lipinski definition) is 1. The second-order valence-electron chi connectivity index (χ2n) is 4.88. The molecule has 0 fully saturated rings. The average Bonchev–Trinajstić information content (AvgIpc) is 2.47. The van der Waals surface area contributed by atoms with Crippen molar-refractivity contribution in [3.63, 3.8) is 0 Å². The summed E-state index contributed by atoms with van der Waals surface area (Å²) in [6.45, 7) is 3.20. The van der Waals surface area contributed by atoms with Gasteiger partial charge in [-0.1, -0.05) is 33.8 Å². The Bertz CT molecular complexity index is 661. The van der Waals surface area contributed by atoms with Crippen LogP contribution in [0.5, 0.6) is 11.5 Å². The van der Waals surface area contributed by atoms with Gasteiger partial charge >= 0.3 is 0 Å². The molecule has 2 aromatic rings. The van der Waals surface area contributed by atoms with Crippen LogP contribution in [-0.4, -0.2) is 13.2 Å². The van der Waals surface area contributed by atoms with E-state index in [9.17, 15) is 0 Å². The molecule has 0 spiro atoms. The van der Waals surface area contributed by atoms with Crippen LogP contribution in [0.15, 0.2) is 50.7 Å². The Morgan fingerprint density at radius 2 is 1.71 bits per heavy atom. The molecule has 0 radical (unpaired) electrons. The Balaban J connectivity index is 1.82. The number of benzene rings is 2. The smallest absolute Gasteiger partial charge is 0.162 e. The molecule has 110 valence electrons. The minimum absolute atomic E-state index is 0.0210. The van der Waals surface area contributed by atoms with E-state index in [-0.39, 0.29) is 6.04 Å². The normalized spacial score (nSPS) is 14.8. The summed E-state index contributed by atoms with van der Waals surface area (Å²) in [7, 11) is 0. The minimum Gasteiger partial charge on any atom is -0.486 e. The van der Waals surface area contributed by atoms with Crippen molar-refractivity contribution in [2.45, 2.75) is 22.8 Å². The zero-order chi connectivity index (χ0) is 14.8. The maximum absolute atomic E-state index is 5.93. The maximum atomic E-state index is 5.93. The third-order valence-electron chi connectivity index (χ3n) is 3.21. The van der Waals surface area contributed by atoms with Gasteiger partial charge in [-0.25, -0.2) is 0 Å². The quantitative estimate of drug-likeness (QED) is 0.875. The lowest BCUT2D eigenvalue weighted by Crippen LogP contribution is -2.15. The number of rotatable bonds is 3. The fraction of sp³-hybridized carbons (Fsp3) is 0.250. The summed E-state index contributed by atoms with van der Waals surface area (Å²) >= 11 is 5.27. The first-order valence-electron chi connectivity index (χ1n) is 6.76. The first kappa shape index (κ1) is 14.8. The molecule has 2 N–H and O–H groups in total. The van der Waals surface area contributed by atoms with Crippen molar-refractivity contribution in [3.05, 3.63) is 46.4 Å². The Hall–Kier alpha value is -1.17. The van der Waals surface area contributed by atoms with Crippen molar-refractivity contribution < 1.29 is 9.47 Å². The molecule has 0 amide bonds. The van der Waals surface area contributed by atoms with Gasteiger partial charge in [-0.15, -0.1) is 0 Å². The molecule has 0 aliphatic carbocycles. The first-order valence-corrected chi connectivity index (χ1v) is 8.37. The summed E-state index contributed by atoms with van der Waals surface area (Å²) in [4.78, 5) is 2.28. The zero-order valence-electron chi connectivity index (χ0n) is 11.6. The van der Waals surface area contributed by atoms with E-state index in [4.69, 9.17) is 15.2 Å². The van der Waals surface area contributed by atoms with Crippen LogP contribution < -0.4 is 15.2 Å². The highest BCUT2D eigenvalue weighted by molar-refractivity contribution is 9.10. The Labute approximate surface area is 137 Å². The molecule has 0 aromatic heterocycles. The van der Waals surface area contributed by atoms with E-state index in [1.54, 1.807) is 11.8 Å². The molecule has 3 nitrogen and oxygen atoms in total. The molecule has 0 saturated heterocycles. The molecule has 2 aromatic carbocycles. The van der Waals surface area contributed by atoms with Gasteiger partial charge < -0.3 is 15.2 Å². The van der Waals surface area contributed by atoms with Crippen molar-refractivity contribution in [1.82, 2.24) is 0 Å². The zero-order valence-corrected chi connectivity index (χ0v) is 14.0. The number of nitrogens with two attached hydrogens (primary N) is 1. The third-order valence-corrected chi connectivity index (χ3v) is 4.88. The topological polar surface area (TPSA) is 44.5 Å². The van der Waals surface area contributed by atoms with Gasteiger partial charge in [0, 0.05) is 20.3 Å². The average molecular weight is 366 g/mol. The van der Waals surface area contributed by atoms with Gasteiger partial charge in [-0.2, -0.15) is 0 Å². The van der Waals surface area contributed by atoms with E-state index in [0.717, 1.165) is 31.3 Å². The van der Waals surface area contributed by atoms with Gasteiger partial charge in [0.1, 0.15) is 13.2 Å². The molecule has 0 bridgehead atoms. The van der Waals surface area contributed by atoms with Crippen LogP contribution in [0.25, 0.3) is 0 Å². The molecule has 3 rings (SSSR count). The summed E-state index contributed by atoms with van der Waals surface area (Å²) in [5.74, 6) is 1.64. The number of halogens is 1. The minimum atomic E-state index is 0.0210. The molecule has 1 aliphatic heterocycles. The monoisotopic (exact) mass is 365 g/mol. The van der Waals surface area contributed by atoms with Crippen LogP contribution in [0.3, 0.4) is 0 Å². The molecule has 1 aliphatic rings. The van der Waals surface area contributed by atoms with Gasteiger partial charge in [0.15, 0.2) is 11.5 Å². The van der Waals surface area contributed by atoms with Crippen LogP contribution >= 0.6 is 27.7 Å². The second-order valence-corrected chi connectivity index (χ2v) is 6.88. The third kappa shape index (κ3) is 3.36. The summed E-state index contributed by atoms with van der Waals surface area (Å²) in [6.07, 6.45) is 0. The lowest BCUT2D eigenvalue weighted by molar-refractivity contribution is 0.171. The summed E-state index contributed by atoms with van der Waals surface area (Å²) in [6, 6.07) is 12.3. The van der Waals surface area contributed by atoms with Gasteiger partial charge in [0.25, 0.3) is 0 Å². The predicted octanol–water partition coefficient (Wildman–Crippen LogP) is 4.39. The number of fused-ring (bicyclic) bond motifs is 1. The van der Waals surface area contributed by atoms with Gasteiger partial charge in [0.05, 0.1) is 0 Å². The molecule has 1 atom stereocenters. The Kier molecular flexibility index (Phi) is 4.42. The van der Waals surface area contributed by atoms with E-state index >= 15 is 0 Å². The highest BCUT2D eigenvalue weighted by Crippen LogP contribution is 2.38. The van der Waals surface area contributed by atoms with Crippen molar-refractivity contribution in [2.24, 2.45) is 5.73 Å². The highest BCUT2D eigenvalue weighted by Gasteiger charge is 2.12. The van der Waals surface area contributed by atoms with Gasteiger partial charge in [-0.05, 0) is 42.8 Å². The fourth-order valence-corrected chi connectivity index (χ4v) is 3.94. The van der Waals surface area contributed by atoms with Gasteiger partial charge in [-0.3, -0.25) is 0 Å². The summed E-state index contributed by atoms with van der Waals surface area (Å²) in [5, 5.41) is 0. The van der Waals surface area contributed by atoms with Crippen LogP contribution in [0.2, 0.25) is 0 Å². The summed E-state index contributed by atoms with van der Waals surface area (Å²) < 4.78 is 12.2. The molecule has 0 saturated carbocycles.